The molecule has 2 fully saturated rings. The number of morpholine rings is 1. The van der Waals surface area contributed by atoms with Crippen LogP contribution in [-0.2, 0) is 9.47 Å². The van der Waals surface area contributed by atoms with Crippen molar-refractivity contribution in [2.45, 2.75) is 64.6 Å². The van der Waals surface area contributed by atoms with Crippen LogP contribution in [0.25, 0.3) is 33.3 Å². The van der Waals surface area contributed by atoms with E-state index in [0.29, 0.717) is 60.7 Å². The number of amides is 1. The highest BCUT2D eigenvalue weighted by atomic mass is 28.3. The molecule has 2 N–H and O–H groups in total. The normalized spacial score (nSPS) is 18.2. The molecule has 2 unspecified atom stereocenters. The van der Waals surface area contributed by atoms with Crippen molar-refractivity contribution in [3.8, 4) is 33.8 Å². The number of fused-ring (bicyclic) bond motifs is 2. The number of anilines is 2. The maximum atomic E-state index is 14.6. The number of piperidine rings is 1. The van der Waals surface area contributed by atoms with Crippen LogP contribution in [0, 0.1) is 23.1 Å². The minimum atomic E-state index is -1.65. The van der Waals surface area contributed by atoms with Crippen LogP contribution in [0.15, 0.2) is 54.9 Å². The molecule has 6 rings (SSSR count). The zero-order valence-corrected chi connectivity index (χ0v) is 29.2. The van der Waals surface area contributed by atoms with Crippen LogP contribution in [0.5, 0.6) is 0 Å². The molecule has 2 aliphatic heterocycles. The Morgan fingerprint density at radius 2 is 1.79 bits per heavy atom. The van der Waals surface area contributed by atoms with E-state index >= 15 is 0 Å². The van der Waals surface area contributed by atoms with Crippen molar-refractivity contribution in [1.29, 1.82) is 0 Å². The lowest BCUT2D eigenvalue weighted by atomic mass is 9.94. The summed E-state index contributed by atoms with van der Waals surface area (Å²) in [5, 5.41) is 0.771. The number of carbonyl (C=O) groups is 1. The van der Waals surface area contributed by atoms with E-state index in [0.717, 1.165) is 28.3 Å². The summed E-state index contributed by atoms with van der Waals surface area (Å²) in [6, 6.07) is 10.9. The predicted molar refractivity (Wildman–Crippen MR) is 188 cm³/mol. The second-order valence-corrected chi connectivity index (χ2v) is 19.2. The van der Waals surface area contributed by atoms with Gasteiger partial charge in [-0.2, -0.15) is 0 Å². The fraction of sp³-hybridized carbons (Fsp3) is 0.378. The number of nitrogens with two attached hydrogens (primary N) is 1. The van der Waals surface area contributed by atoms with E-state index in [2.05, 4.69) is 41.0 Å². The van der Waals surface area contributed by atoms with Gasteiger partial charge in [0.25, 0.3) is 0 Å². The van der Waals surface area contributed by atoms with Gasteiger partial charge < -0.3 is 25.0 Å². The predicted octanol–water partition coefficient (Wildman–Crippen LogP) is 7.27. The maximum absolute atomic E-state index is 14.6. The Labute approximate surface area is 281 Å². The SMILES string of the molecule is CC(C)(C)OC(=O)N1CCOC2CN(c3c(-c4cc(F)cc(F)c4)cnc4ccc(-c5nccc(C#C[Si](C)(C)C)c5N)cc34)CCC21. The summed E-state index contributed by atoms with van der Waals surface area (Å²) in [5.41, 5.74) is 14.4. The monoisotopic (exact) mass is 669 g/mol. The molecule has 2 aromatic heterocycles. The van der Waals surface area contributed by atoms with Gasteiger partial charge in [-0.1, -0.05) is 31.6 Å². The van der Waals surface area contributed by atoms with E-state index in [-0.39, 0.29) is 18.2 Å². The summed E-state index contributed by atoms with van der Waals surface area (Å²) in [6.45, 7) is 13.9. The highest BCUT2D eigenvalue weighted by Crippen LogP contribution is 2.41. The molecule has 4 aromatic rings. The van der Waals surface area contributed by atoms with Gasteiger partial charge in [0.15, 0.2) is 0 Å². The number of nitrogens with zero attached hydrogens (tertiary/aromatic N) is 4. The number of nitrogen functional groups attached to an aromatic ring is 1. The quantitative estimate of drug-likeness (QED) is 0.181. The van der Waals surface area contributed by atoms with Crippen LogP contribution >= 0.6 is 0 Å². The molecule has 250 valence electrons. The van der Waals surface area contributed by atoms with Gasteiger partial charge in [0, 0.05) is 54.6 Å². The lowest BCUT2D eigenvalue weighted by Crippen LogP contribution is -2.61. The van der Waals surface area contributed by atoms with Crippen molar-refractivity contribution in [1.82, 2.24) is 14.9 Å². The molecule has 0 radical (unpaired) electrons. The fourth-order valence-corrected chi connectivity index (χ4v) is 6.81. The number of ether oxygens (including phenoxy) is 2. The highest BCUT2D eigenvalue weighted by molar-refractivity contribution is 6.83. The van der Waals surface area contributed by atoms with Crippen LogP contribution in [0.3, 0.4) is 0 Å². The summed E-state index contributed by atoms with van der Waals surface area (Å²) in [7, 11) is -1.65. The van der Waals surface area contributed by atoms with E-state index in [4.69, 9.17) is 20.2 Å². The fourth-order valence-electron chi connectivity index (χ4n) is 6.30. The van der Waals surface area contributed by atoms with Crippen LogP contribution in [0.1, 0.15) is 32.8 Å². The van der Waals surface area contributed by atoms with Gasteiger partial charge in [-0.25, -0.2) is 13.6 Å². The number of aromatic nitrogens is 2. The van der Waals surface area contributed by atoms with E-state index < -0.39 is 25.3 Å². The highest BCUT2D eigenvalue weighted by Gasteiger charge is 2.41. The van der Waals surface area contributed by atoms with E-state index in [9.17, 15) is 13.6 Å². The van der Waals surface area contributed by atoms with E-state index in [1.165, 1.54) is 12.1 Å². The third-order valence-corrected chi connectivity index (χ3v) is 9.26. The van der Waals surface area contributed by atoms with Gasteiger partial charge in [0.2, 0.25) is 0 Å². The van der Waals surface area contributed by atoms with Crippen LogP contribution in [0.2, 0.25) is 19.6 Å². The van der Waals surface area contributed by atoms with Crippen LogP contribution in [-0.4, -0.2) is 73.0 Å². The Hall–Kier alpha value is -4.53. The Kier molecular flexibility index (Phi) is 8.91. The van der Waals surface area contributed by atoms with Crippen molar-refractivity contribution in [2.75, 3.05) is 36.9 Å². The first-order valence-corrected chi connectivity index (χ1v) is 19.7. The minimum absolute atomic E-state index is 0.174. The molecule has 2 saturated heterocycles. The van der Waals surface area contributed by atoms with Crippen LogP contribution in [0.4, 0.5) is 25.0 Å². The average molecular weight is 670 g/mol. The van der Waals surface area contributed by atoms with Crippen molar-refractivity contribution < 1.29 is 23.0 Å². The lowest BCUT2D eigenvalue weighted by molar-refractivity contribution is -0.0798. The van der Waals surface area contributed by atoms with E-state index in [1.54, 1.807) is 17.3 Å². The molecule has 0 saturated carbocycles. The molecular weight excluding hydrogens is 629 g/mol. The van der Waals surface area contributed by atoms with Gasteiger partial charge in [0.1, 0.15) is 25.3 Å². The molecule has 48 heavy (non-hydrogen) atoms. The number of halogens is 2. The zero-order chi connectivity index (χ0) is 34.4. The number of hydrogen-bond acceptors (Lipinski definition) is 7. The standard InChI is InChI=1S/C37H41F2N5O3Si/c1-37(2,3)47-36(45)44-14-15-46-32-22-43(13-10-31(32)44)35-28-19-24(34-33(40)23(9-12-41-34)11-16-48(4,5)6)7-8-30(28)42-21-29(35)25-17-26(38)20-27(39)18-25/h7-9,12,17-21,31-32H,10,13-15,22,40H2,1-6H3. The summed E-state index contributed by atoms with van der Waals surface area (Å²) in [5.74, 6) is 1.90. The molecule has 2 atom stereocenters. The molecule has 0 bridgehead atoms. The zero-order valence-electron chi connectivity index (χ0n) is 28.2. The molecule has 8 nitrogen and oxygen atoms in total. The van der Waals surface area contributed by atoms with Crippen molar-refractivity contribution >= 4 is 36.4 Å². The first kappa shape index (κ1) is 33.4. The third kappa shape index (κ3) is 7.15. The van der Waals surface area contributed by atoms with Crippen LogP contribution < -0.4 is 10.6 Å². The van der Waals surface area contributed by atoms with Crippen molar-refractivity contribution in [3.63, 3.8) is 0 Å². The molecule has 1 amide bonds. The minimum Gasteiger partial charge on any atom is -0.444 e. The molecule has 2 aliphatic rings. The smallest absolute Gasteiger partial charge is 0.410 e. The number of hydrogen-bond donors (Lipinski definition) is 1. The maximum Gasteiger partial charge on any atom is 0.410 e. The van der Waals surface area contributed by atoms with Crippen molar-refractivity contribution in [2.24, 2.45) is 0 Å². The Morgan fingerprint density at radius 3 is 2.50 bits per heavy atom. The molecule has 0 aliphatic carbocycles. The van der Waals surface area contributed by atoms with Gasteiger partial charge in [-0.05, 0) is 63.1 Å². The average Bonchev–Trinajstić information content (AvgIpc) is 3.01. The molecule has 2 aromatic carbocycles. The van der Waals surface area contributed by atoms with Gasteiger partial charge in [-0.3, -0.25) is 9.97 Å². The second kappa shape index (κ2) is 12.8. The van der Waals surface area contributed by atoms with Gasteiger partial charge >= 0.3 is 6.09 Å². The number of carbonyl (C=O) groups excluding carboxylic acids is 1. The molecular formula is C37H41F2N5O3Si. The second-order valence-electron chi connectivity index (χ2n) is 14.4. The largest absolute Gasteiger partial charge is 0.444 e. The Bertz CT molecular complexity index is 1930. The number of pyridine rings is 2. The summed E-state index contributed by atoms with van der Waals surface area (Å²) >= 11 is 0. The topological polar surface area (TPSA) is 93.8 Å². The first-order chi connectivity index (χ1) is 22.7. The lowest BCUT2D eigenvalue weighted by Gasteiger charge is -2.47. The molecule has 11 heteroatoms. The summed E-state index contributed by atoms with van der Waals surface area (Å²) in [6.07, 6.45) is 3.31. The van der Waals surface area contributed by atoms with Gasteiger partial charge in [-0.15, -0.1) is 5.54 Å². The Balaban J connectivity index is 1.45. The molecule has 4 heterocycles. The number of rotatable bonds is 3. The summed E-state index contributed by atoms with van der Waals surface area (Å²) in [4.78, 5) is 26.4. The van der Waals surface area contributed by atoms with Gasteiger partial charge in [0.05, 0.1) is 46.9 Å². The summed E-state index contributed by atoms with van der Waals surface area (Å²) < 4.78 is 41.1. The third-order valence-electron chi connectivity index (χ3n) is 8.38. The first-order valence-electron chi connectivity index (χ1n) is 16.2. The van der Waals surface area contributed by atoms with Crippen molar-refractivity contribution in [3.05, 3.63) is 72.1 Å². The Morgan fingerprint density at radius 1 is 1.04 bits per heavy atom. The number of benzene rings is 2. The molecule has 0 spiro atoms. The van der Waals surface area contributed by atoms with E-state index in [1.807, 2.05) is 45.0 Å².